The van der Waals surface area contributed by atoms with Crippen LogP contribution in [0, 0.1) is 5.82 Å². The van der Waals surface area contributed by atoms with E-state index in [1.807, 2.05) is 6.20 Å². The van der Waals surface area contributed by atoms with Gasteiger partial charge in [0.25, 0.3) is 0 Å². The fourth-order valence-corrected chi connectivity index (χ4v) is 6.54. The number of nitrogens with two attached hydrogens (primary N) is 1. The summed E-state index contributed by atoms with van der Waals surface area (Å²) in [6.07, 6.45) is 7.49. The second kappa shape index (κ2) is 9.57. The number of ether oxygens (including phenoxy) is 2. The zero-order chi connectivity index (χ0) is 23.9. The van der Waals surface area contributed by atoms with Crippen LogP contribution < -0.4 is 10.5 Å². The van der Waals surface area contributed by atoms with Crippen LogP contribution in [0.2, 0.25) is 0 Å². The highest BCUT2D eigenvalue weighted by Gasteiger charge is 2.38. The van der Waals surface area contributed by atoms with Crippen molar-refractivity contribution in [3.8, 4) is 16.9 Å². The molecule has 1 atom stereocenters. The summed E-state index contributed by atoms with van der Waals surface area (Å²) in [5.41, 5.74) is 8.11. The third-order valence-corrected chi connectivity index (χ3v) is 8.81. The van der Waals surface area contributed by atoms with Crippen LogP contribution in [0.5, 0.6) is 5.75 Å². The molecule has 2 N–H and O–H groups in total. The third-order valence-electron chi connectivity index (χ3n) is 7.54. The number of halogens is 1. The molecule has 10 heteroatoms. The van der Waals surface area contributed by atoms with Crippen LogP contribution in [-0.4, -0.2) is 73.9 Å². The number of benzene rings is 1. The van der Waals surface area contributed by atoms with Crippen LogP contribution in [0.1, 0.15) is 31.7 Å². The maximum atomic E-state index is 15.1. The quantitative estimate of drug-likeness (QED) is 0.520. The molecule has 0 bridgehead atoms. The Morgan fingerprint density at radius 1 is 1.17 bits per heavy atom. The van der Waals surface area contributed by atoms with Crippen LogP contribution >= 0.6 is 0 Å². The van der Waals surface area contributed by atoms with Crippen molar-refractivity contribution >= 4 is 28.0 Å². The van der Waals surface area contributed by atoms with E-state index >= 15 is 4.39 Å². The normalized spacial score (nSPS) is 25.7. The van der Waals surface area contributed by atoms with E-state index in [9.17, 15) is 4.55 Å². The van der Waals surface area contributed by atoms with Gasteiger partial charge in [0.05, 0.1) is 11.5 Å². The molecule has 0 radical (unpaired) electrons. The van der Waals surface area contributed by atoms with E-state index in [2.05, 4.69) is 19.4 Å². The van der Waals surface area contributed by atoms with Crippen LogP contribution in [0.25, 0.3) is 22.2 Å². The van der Waals surface area contributed by atoms with Gasteiger partial charge in [-0.3, -0.25) is 4.90 Å². The molecule has 1 aliphatic carbocycles. The van der Waals surface area contributed by atoms with Crippen molar-refractivity contribution in [2.45, 2.75) is 43.9 Å². The molecule has 186 valence electrons. The van der Waals surface area contributed by atoms with Gasteiger partial charge in [0.15, 0.2) is 0 Å². The first-order chi connectivity index (χ1) is 17.1. The average Bonchev–Trinajstić information content (AvgIpc) is 3.48. The van der Waals surface area contributed by atoms with Gasteiger partial charge in [-0.25, -0.2) is 14.4 Å². The minimum Gasteiger partial charge on any atom is -0.616 e. The largest absolute Gasteiger partial charge is 0.616 e. The van der Waals surface area contributed by atoms with E-state index in [4.69, 9.17) is 15.2 Å². The van der Waals surface area contributed by atoms with Crippen molar-refractivity contribution in [3.05, 3.63) is 36.5 Å². The molecule has 3 aromatic rings. The predicted molar refractivity (Wildman–Crippen MR) is 133 cm³/mol. The number of nitrogen functional groups attached to an aromatic ring is 1. The summed E-state index contributed by atoms with van der Waals surface area (Å²) in [6.45, 7) is 2.99. The maximum Gasteiger partial charge on any atom is 0.146 e. The number of nitrogens with zero attached hydrogens (tertiary/aromatic N) is 4. The Kier molecular flexibility index (Phi) is 6.30. The summed E-state index contributed by atoms with van der Waals surface area (Å²) < 4.78 is 40.5. The van der Waals surface area contributed by atoms with Crippen molar-refractivity contribution < 1.29 is 18.4 Å². The van der Waals surface area contributed by atoms with E-state index in [0.717, 1.165) is 62.5 Å². The van der Waals surface area contributed by atoms with Gasteiger partial charge >= 0.3 is 0 Å². The lowest BCUT2D eigenvalue weighted by Gasteiger charge is -2.44. The first-order valence-electron chi connectivity index (χ1n) is 12.3. The highest BCUT2D eigenvalue weighted by Crippen LogP contribution is 2.43. The van der Waals surface area contributed by atoms with E-state index < -0.39 is 11.2 Å². The fourth-order valence-electron chi connectivity index (χ4n) is 5.46. The molecular formula is C25H30FN5O3S. The highest BCUT2D eigenvalue weighted by molar-refractivity contribution is 7.91. The van der Waals surface area contributed by atoms with Gasteiger partial charge in [0.1, 0.15) is 47.5 Å². The number of hydrogen-bond acceptors (Lipinski definition) is 7. The molecule has 2 saturated heterocycles. The molecular weight excluding hydrogens is 469 g/mol. The van der Waals surface area contributed by atoms with Crippen LogP contribution in [0.3, 0.4) is 0 Å². The summed E-state index contributed by atoms with van der Waals surface area (Å²) in [5.74, 6) is 2.10. The van der Waals surface area contributed by atoms with Gasteiger partial charge in [-0.1, -0.05) is 11.2 Å². The Morgan fingerprint density at radius 3 is 2.77 bits per heavy atom. The van der Waals surface area contributed by atoms with Crippen LogP contribution in [0.15, 0.2) is 30.7 Å². The smallest absolute Gasteiger partial charge is 0.146 e. The molecule has 2 aliphatic heterocycles. The molecule has 0 amide bonds. The Labute approximate surface area is 206 Å². The Morgan fingerprint density at radius 2 is 2.00 bits per heavy atom. The number of fused-ring (bicyclic) bond motifs is 1. The minimum atomic E-state index is -0.677. The number of aromatic nitrogens is 3. The molecule has 4 heterocycles. The minimum absolute atomic E-state index is 0.0842. The molecule has 1 unspecified atom stereocenters. The lowest BCUT2D eigenvalue weighted by Crippen LogP contribution is -2.51. The first kappa shape index (κ1) is 23.0. The first-order valence-corrected chi connectivity index (χ1v) is 13.8. The average molecular weight is 500 g/mol. The maximum absolute atomic E-state index is 15.1. The van der Waals surface area contributed by atoms with E-state index in [0.29, 0.717) is 40.7 Å². The van der Waals surface area contributed by atoms with Gasteiger partial charge in [-0.05, 0) is 43.9 Å². The lowest BCUT2D eigenvalue weighted by atomic mass is 9.85. The van der Waals surface area contributed by atoms with E-state index in [1.165, 1.54) is 12.4 Å². The van der Waals surface area contributed by atoms with Crippen LogP contribution in [0.4, 0.5) is 10.2 Å². The zero-order valence-corrected chi connectivity index (χ0v) is 20.4. The SMILES string of the molecule is Nc1ncnc2c1c(-c1cc(OCC3CCCO3)ccc1F)cn2C1CC(N2CC[S+]([O-])CC2)C1. The molecule has 3 aliphatic rings. The summed E-state index contributed by atoms with van der Waals surface area (Å²) in [7, 11) is 0. The molecule has 35 heavy (non-hydrogen) atoms. The fraction of sp³-hybridized carbons (Fsp3) is 0.520. The predicted octanol–water partition coefficient (Wildman–Crippen LogP) is 3.15. The van der Waals surface area contributed by atoms with Crippen molar-refractivity contribution in [2.24, 2.45) is 0 Å². The topological polar surface area (TPSA) is 101 Å². The second-order valence-corrected chi connectivity index (χ2v) is 11.4. The molecule has 1 aromatic carbocycles. The van der Waals surface area contributed by atoms with Crippen molar-refractivity contribution in [2.75, 3.05) is 43.5 Å². The van der Waals surface area contributed by atoms with Crippen molar-refractivity contribution in [3.63, 3.8) is 0 Å². The third kappa shape index (κ3) is 4.48. The molecule has 6 rings (SSSR count). The molecule has 8 nitrogen and oxygen atoms in total. The molecule has 3 fully saturated rings. The number of anilines is 1. The van der Waals surface area contributed by atoms with Crippen LogP contribution in [-0.2, 0) is 15.9 Å². The van der Waals surface area contributed by atoms with Gasteiger partial charge in [-0.2, -0.15) is 0 Å². The van der Waals surface area contributed by atoms with Crippen molar-refractivity contribution in [1.29, 1.82) is 0 Å². The van der Waals surface area contributed by atoms with Gasteiger partial charge in [-0.15, -0.1) is 0 Å². The van der Waals surface area contributed by atoms with Gasteiger partial charge in [0, 0.05) is 49.1 Å². The summed E-state index contributed by atoms with van der Waals surface area (Å²) in [6, 6.07) is 5.54. The summed E-state index contributed by atoms with van der Waals surface area (Å²) in [5, 5.41) is 0.666. The molecule has 0 spiro atoms. The molecule has 1 saturated carbocycles. The number of hydrogen-bond donors (Lipinski definition) is 1. The Hall–Kier alpha value is -2.40. The summed E-state index contributed by atoms with van der Waals surface area (Å²) >= 11 is -0.677. The van der Waals surface area contributed by atoms with E-state index in [1.54, 1.807) is 12.1 Å². The summed E-state index contributed by atoms with van der Waals surface area (Å²) in [4.78, 5) is 11.2. The van der Waals surface area contributed by atoms with Gasteiger partial charge in [0.2, 0.25) is 0 Å². The molecule has 2 aromatic heterocycles. The Bertz CT molecular complexity index is 1200. The standard InChI is InChI=1S/C25H30FN5O3S/c26-22-4-3-18(34-14-19-2-1-7-33-19)12-20(22)21-13-31(25-23(21)24(27)28-15-29-25)17-10-16(11-17)30-5-8-35(32)9-6-30/h3-4,12-13,15-17,19H,1-2,5-11,14H2,(H2,27,28,29). The van der Waals surface area contributed by atoms with E-state index in [-0.39, 0.29) is 18.0 Å². The van der Waals surface area contributed by atoms with Crippen molar-refractivity contribution in [1.82, 2.24) is 19.4 Å². The van der Waals surface area contributed by atoms with Gasteiger partial charge < -0.3 is 24.3 Å². The Balaban J connectivity index is 1.27. The monoisotopic (exact) mass is 499 g/mol. The second-order valence-electron chi connectivity index (χ2n) is 9.66. The highest BCUT2D eigenvalue weighted by atomic mass is 32.2. The number of rotatable bonds is 6. The lowest BCUT2D eigenvalue weighted by molar-refractivity contribution is 0.0679. The zero-order valence-electron chi connectivity index (χ0n) is 19.6.